The van der Waals surface area contributed by atoms with Crippen LogP contribution in [0.1, 0.15) is 0 Å². The van der Waals surface area contributed by atoms with Gasteiger partial charge in [0.25, 0.3) is 0 Å². The molecule has 0 fully saturated rings. The predicted molar refractivity (Wildman–Crippen MR) is 66.7 cm³/mol. The van der Waals surface area contributed by atoms with Gasteiger partial charge >= 0.3 is 0 Å². The average molecular weight is 296 g/mol. The quantitative estimate of drug-likeness (QED) is 0.864. The molecule has 0 bridgehead atoms. The van der Waals surface area contributed by atoms with Crippen LogP contribution in [-0.2, 0) is 11.8 Å². The zero-order chi connectivity index (χ0) is 12.3. The molecule has 6 nitrogen and oxygen atoms in total. The smallest absolute Gasteiger partial charge is 0.235 e. The number of tetrazole rings is 1. The molecule has 1 N–H and O–H groups in total. The highest BCUT2D eigenvalue weighted by Gasteiger charge is 2.07. The Bertz CT molecular complexity index is 539. The summed E-state index contributed by atoms with van der Waals surface area (Å²) in [5.74, 6) is 0.554. The molecule has 0 aliphatic rings. The number of carbonyl (C=O) groups excluding carboxylic acids is 1. The van der Waals surface area contributed by atoms with Crippen molar-refractivity contribution >= 4 is 27.5 Å². The monoisotopic (exact) mass is 295 g/mol. The Hall–Kier alpha value is -1.76. The van der Waals surface area contributed by atoms with Crippen LogP contribution in [0.5, 0.6) is 0 Å². The fourth-order valence-corrected chi connectivity index (χ4v) is 1.54. The number of anilines is 1. The third-order valence-electron chi connectivity index (χ3n) is 2.15. The first-order chi connectivity index (χ1) is 8.20. The minimum atomic E-state index is -0.0989. The maximum atomic E-state index is 11.2. The predicted octanol–water partition coefficient (Wildman–Crippen LogP) is 1.21. The second kappa shape index (κ2) is 5.05. The van der Waals surface area contributed by atoms with Gasteiger partial charge in [-0.05, 0) is 22.6 Å². The van der Waals surface area contributed by atoms with E-state index in [1.54, 1.807) is 11.7 Å². The van der Waals surface area contributed by atoms with E-state index < -0.39 is 0 Å². The molecule has 0 spiro atoms. The zero-order valence-corrected chi connectivity index (χ0v) is 10.7. The van der Waals surface area contributed by atoms with Gasteiger partial charge in [-0.1, -0.05) is 28.1 Å². The van der Waals surface area contributed by atoms with Crippen LogP contribution in [0.4, 0.5) is 5.69 Å². The van der Waals surface area contributed by atoms with Gasteiger partial charge in [0.05, 0.1) is 5.33 Å². The summed E-state index contributed by atoms with van der Waals surface area (Å²) >= 11 is 3.09. The highest BCUT2D eigenvalue weighted by molar-refractivity contribution is 9.09. The van der Waals surface area contributed by atoms with Crippen LogP contribution >= 0.6 is 15.9 Å². The second-order valence-corrected chi connectivity index (χ2v) is 3.95. The van der Waals surface area contributed by atoms with Crippen LogP contribution in [0.25, 0.3) is 11.4 Å². The van der Waals surface area contributed by atoms with Crippen LogP contribution in [0.3, 0.4) is 0 Å². The largest absolute Gasteiger partial charge is 0.325 e. The molecule has 0 atom stereocenters. The van der Waals surface area contributed by atoms with E-state index in [9.17, 15) is 4.79 Å². The Labute approximate surface area is 106 Å². The number of nitrogens with zero attached hydrogens (tertiary/aromatic N) is 4. The van der Waals surface area contributed by atoms with E-state index in [2.05, 4.69) is 36.8 Å². The van der Waals surface area contributed by atoms with Crippen LogP contribution in [0.2, 0.25) is 0 Å². The summed E-state index contributed by atoms with van der Waals surface area (Å²) < 4.78 is 1.57. The number of hydrogen-bond acceptors (Lipinski definition) is 4. The lowest BCUT2D eigenvalue weighted by Crippen LogP contribution is -2.12. The number of amides is 1. The number of nitrogens with one attached hydrogen (secondary N) is 1. The summed E-state index contributed by atoms with van der Waals surface area (Å²) in [7, 11) is 1.76. The molecule has 0 saturated heterocycles. The summed E-state index contributed by atoms with van der Waals surface area (Å²) in [5.41, 5.74) is 1.57. The normalized spacial score (nSPS) is 10.2. The minimum Gasteiger partial charge on any atom is -0.325 e. The Morgan fingerprint density at radius 3 is 3.00 bits per heavy atom. The number of aromatic nitrogens is 4. The summed E-state index contributed by atoms with van der Waals surface area (Å²) in [4.78, 5) is 11.2. The van der Waals surface area contributed by atoms with E-state index in [-0.39, 0.29) is 11.2 Å². The van der Waals surface area contributed by atoms with Gasteiger partial charge in [0.2, 0.25) is 5.91 Å². The molecule has 0 aliphatic heterocycles. The van der Waals surface area contributed by atoms with Gasteiger partial charge in [-0.3, -0.25) is 4.79 Å². The van der Waals surface area contributed by atoms with Crippen molar-refractivity contribution in [1.29, 1.82) is 0 Å². The number of aryl methyl sites for hydroxylation is 1. The first-order valence-corrected chi connectivity index (χ1v) is 6.01. The topological polar surface area (TPSA) is 72.7 Å². The van der Waals surface area contributed by atoms with Crippen molar-refractivity contribution in [3.8, 4) is 11.4 Å². The third kappa shape index (κ3) is 2.68. The van der Waals surface area contributed by atoms with Gasteiger partial charge in [0, 0.05) is 18.3 Å². The number of alkyl halides is 1. The highest BCUT2D eigenvalue weighted by Crippen LogP contribution is 2.19. The molecular weight excluding hydrogens is 286 g/mol. The summed E-state index contributed by atoms with van der Waals surface area (Å²) in [6.45, 7) is 0. The van der Waals surface area contributed by atoms with Crippen molar-refractivity contribution in [3.05, 3.63) is 24.3 Å². The molecule has 0 aliphatic carbocycles. The van der Waals surface area contributed by atoms with Gasteiger partial charge in [-0.25, -0.2) is 4.68 Å². The summed E-state index contributed by atoms with van der Waals surface area (Å²) in [6, 6.07) is 7.36. The van der Waals surface area contributed by atoms with Crippen LogP contribution in [0, 0.1) is 0 Å². The molecule has 0 unspecified atom stereocenters. The lowest BCUT2D eigenvalue weighted by Gasteiger charge is -2.05. The molecule has 1 amide bonds. The molecule has 0 radical (unpaired) electrons. The van der Waals surface area contributed by atoms with E-state index in [0.717, 1.165) is 11.3 Å². The number of carbonyl (C=O) groups is 1. The lowest BCUT2D eigenvalue weighted by molar-refractivity contribution is -0.113. The lowest BCUT2D eigenvalue weighted by atomic mass is 10.2. The molecule has 1 aromatic carbocycles. The summed E-state index contributed by atoms with van der Waals surface area (Å²) in [5, 5.41) is 14.3. The Morgan fingerprint density at radius 1 is 1.53 bits per heavy atom. The number of rotatable bonds is 3. The second-order valence-electron chi connectivity index (χ2n) is 3.39. The SMILES string of the molecule is Cn1nnnc1-c1cccc(NC(=O)CBr)c1. The van der Waals surface area contributed by atoms with Crippen molar-refractivity contribution in [1.82, 2.24) is 20.2 Å². The van der Waals surface area contributed by atoms with Crippen molar-refractivity contribution in [2.45, 2.75) is 0 Å². The molecule has 7 heteroatoms. The number of halogens is 1. The van der Waals surface area contributed by atoms with Gasteiger partial charge in [0.1, 0.15) is 0 Å². The van der Waals surface area contributed by atoms with Gasteiger partial charge < -0.3 is 5.32 Å². The summed E-state index contributed by atoms with van der Waals surface area (Å²) in [6.07, 6.45) is 0. The van der Waals surface area contributed by atoms with Gasteiger partial charge in [-0.2, -0.15) is 0 Å². The fourth-order valence-electron chi connectivity index (χ4n) is 1.40. The van der Waals surface area contributed by atoms with E-state index in [0.29, 0.717) is 5.82 Å². The maximum Gasteiger partial charge on any atom is 0.235 e. The molecule has 1 heterocycles. The van der Waals surface area contributed by atoms with Crippen LogP contribution in [-0.4, -0.2) is 31.4 Å². The van der Waals surface area contributed by atoms with E-state index >= 15 is 0 Å². The fraction of sp³-hybridized carbons (Fsp3) is 0.200. The van der Waals surface area contributed by atoms with Crippen LogP contribution < -0.4 is 5.32 Å². The van der Waals surface area contributed by atoms with Gasteiger partial charge in [-0.15, -0.1) is 5.10 Å². The van der Waals surface area contributed by atoms with Crippen molar-refractivity contribution in [3.63, 3.8) is 0 Å². The van der Waals surface area contributed by atoms with E-state index in [1.165, 1.54) is 0 Å². The van der Waals surface area contributed by atoms with Crippen LogP contribution in [0.15, 0.2) is 24.3 Å². The zero-order valence-electron chi connectivity index (χ0n) is 9.09. The minimum absolute atomic E-state index is 0.0989. The van der Waals surface area contributed by atoms with Crippen molar-refractivity contribution in [2.75, 3.05) is 10.6 Å². The average Bonchev–Trinajstić information content (AvgIpc) is 2.75. The third-order valence-corrected chi connectivity index (χ3v) is 2.66. The number of benzene rings is 1. The molecule has 2 aromatic rings. The Kier molecular flexibility index (Phi) is 3.48. The first-order valence-electron chi connectivity index (χ1n) is 4.89. The van der Waals surface area contributed by atoms with E-state index in [4.69, 9.17) is 0 Å². The van der Waals surface area contributed by atoms with E-state index in [1.807, 2.05) is 24.3 Å². The Morgan fingerprint density at radius 2 is 2.35 bits per heavy atom. The van der Waals surface area contributed by atoms with Crippen molar-refractivity contribution in [2.24, 2.45) is 7.05 Å². The molecule has 0 saturated carbocycles. The molecule has 88 valence electrons. The standard InChI is InChI=1S/C10H10BrN5O/c1-16-10(13-14-15-16)7-3-2-4-8(5-7)12-9(17)6-11/h2-5H,6H2,1H3,(H,12,17). The maximum absolute atomic E-state index is 11.2. The van der Waals surface area contributed by atoms with Crippen molar-refractivity contribution < 1.29 is 4.79 Å². The first kappa shape index (κ1) is 11.7. The highest BCUT2D eigenvalue weighted by atomic mass is 79.9. The van der Waals surface area contributed by atoms with Gasteiger partial charge in [0.15, 0.2) is 5.82 Å². The molecule has 17 heavy (non-hydrogen) atoms. The molecule has 2 rings (SSSR count). The molecule has 1 aromatic heterocycles. The molecular formula is C10H10BrN5O. The number of hydrogen-bond donors (Lipinski definition) is 1. The Balaban J connectivity index is 2.29.